The number of halogens is 2. The summed E-state index contributed by atoms with van der Waals surface area (Å²) in [5.74, 6) is -4.49. The van der Waals surface area contributed by atoms with Crippen LogP contribution in [-0.4, -0.2) is 35.0 Å². The van der Waals surface area contributed by atoms with Crippen molar-refractivity contribution in [2.24, 2.45) is 5.92 Å². The minimum absolute atomic E-state index is 0.0918. The Morgan fingerprint density at radius 2 is 1.95 bits per heavy atom. The van der Waals surface area contributed by atoms with Crippen molar-refractivity contribution >= 4 is 11.9 Å². The highest BCUT2D eigenvalue weighted by Crippen LogP contribution is 2.26. The Morgan fingerprint density at radius 3 is 2.52 bits per heavy atom. The highest BCUT2D eigenvalue weighted by atomic mass is 19.1. The number of carboxylic acids is 1. The zero-order valence-electron chi connectivity index (χ0n) is 11.7. The summed E-state index contributed by atoms with van der Waals surface area (Å²) in [5.41, 5.74) is -0.264. The third-order valence-electron chi connectivity index (χ3n) is 3.89. The molecule has 0 spiro atoms. The summed E-state index contributed by atoms with van der Waals surface area (Å²) >= 11 is 0. The van der Waals surface area contributed by atoms with Crippen LogP contribution in [0.5, 0.6) is 0 Å². The molecular weight excluding hydrogens is 280 g/mol. The van der Waals surface area contributed by atoms with Gasteiger partial charge in [0.15, 0.2) is 0 Å². The van der Waals surface area contributed by atoms with Gasteiger partial charge >= 0.3 is 5.97 Å². The molecule has 21 heavy (non-hydrogen) atoms. The summed E-state index contributed by atoms with van der Waals surface area (Å²) in [4.78, 5) is 24.8. The summed E-state index contributed by atoms with van der Waals surface area (Å²) in [6.45, 7) is 1.95. The van der Waals surface area contributed by atoms with E-state index in [1.807, 2.05) is 0 Å². The zero-order valence-corrected chi connectivity index (χ0v) is 11.7. The Labute approximate surface area is 121 Å². The Bertz CT molecular complexity index is 542. The molecule has 0 radical (unpaired) electrons. The number of carboxylic acid groups (broad SMARTS) is 1. The largest absolute Gasteiger partial charge is 0.481 e. The maximum atomic E-state index is 13.7. The van der Waals surface area contributed by atoms with Gasteiger partial charge in [-0.3, -0.25) is 9.59 Å². The van der Waals surface area contributed by atoms with Crippen molar-refractivity contribution in [3.63, 3.8) is 0 Å². The number of hydrogen-bond donors (Lipinski definition) is 1. The monoisotopic (exact) mass is 297 g/mol. The third-order valence-corrected chi connectivity index (χ3v) is 3.89. The number of carbonyl (C=O) groups is 2. The summed E-state index contributed by atoms with van der Waals surface area (Å²) in [6.07, 6.45) is 1.09. The first-order valence-electron chi connectivity index (χ1n) is 6.87. The smallest absolute Gasteiger partial charge is 0.308 e. The van der Waals surface area contributed by atoms with Gasteiger partial charge in [-0.1, -0.05) is 6.07 Å². The lowest BCUT2D eigenvalue weighted by molar-refractivity contribution is -0.146. The first kappa shape index (κ1) is 15.4. The number of likely N-dealkylation sites (tertiary alicyclic amines) is 1. The van der Waals surface area contributed by atoms with Crippen LogP contribution in [0.1, 0.15) is 31.2 Å². The number of amides is 1. The molecule has 1 saturated heterocycles. The molecule has 0 bridgehead atoms. The van der Waals surface area contributed by atoms with Crippen molar-refractivity contribution in [2.75, 3.05) is 13.1 Å². The summed E-state index contributed by atoms with van der Waals surface area (Å²) in [7, 11) is 0. The summed E-state index contributed by atoms with van der Waals surface area (Å²) < 4.78 is 27.5. The summed E-state index contributed by atoms with van der Waals surface area (Å²) in [5, 5.41) is 9.02. The minimum atomic E-state index is -0.973. The molecule has 1 fully saturated rings. The average Bonchev–Trinajstić information content (AvgIpc) is 2.46. The van der Waals surface area contributed by atoms with E-state index in [4.69, 9.17) is 5.11 Å². The first-order valence-corrected chi connectivity index (χ1v) is 6.87. The van der Waals surface area contributed by atoms with Crippen LogP contribution in [0.2, 0.25) is 0 Å². The Hall–Kier alpha value is -1.98. The SMILES string of the molecule is CC(C(=O)N1CCC[C@H](C(=O)O)C1)c1c(F)cccc1F. The van der Waals surface area contributed by atoms with Crippen molar-refractivity contribution < 1.29 is 23.5 Å². The molecule has 1 aromatic rings. The quantitative estimate of drug-likeness (QED) is 0.932. The van der Waals surface area contributed by atoms with Gasteiger partial charge in [0.2, 0.25) is 5.91 Å². The Balaban J connectivity index is 2.17. The van der Waals surface area contributed by atoms with E-state index in [-0.39, 0.29) is 12.1 Å². The number of rotatable bonds is 3. The number of aliphatic carboxylic acids is 1. The molecule has 1 heterocycles. The maximum absolute atomic E-state index is 13.7. The second-order valence-corrected chi connectivity index (χ2v) is 5.32. The van der Waals surface area contributed by atoms with Gasteiger partial charge < -0.3 is 10.0 Å². The van der Waals surface area contributed by atoms with Crippen molar-refractivity contribution in [1.82, 2.24) is 4.90 Å². The molecule has 1 N–H and O–H groups in total. The molecule has 1 aromatic carbocycles. The van der Waals surface area contributed by atoms with E-state index < -0.39 is 35.3 Å². The molecule has 1 aliphatic rings. The van der Waals surface area contributed by atoms with Crippen molar-refractivity contribution in [1.29, 1.82) is 0 Å². The lowest BCUT2D eigenvalue weighted by Crippen LogP contribution is -2.44. The Kier molecular flexibility index (Phi) is 4.55. The number of piperidine rings is 1. The van der Waals surface area contributed by atoms with Gasteiger partial charge in [0.25, 0.3) is 0 Å². The molecule has 2 rings (SSSR count). The van der Waals surface area contributed by atoms with Crippen LogP contribution >= 0.6 is 0 Å². The van der Waals surface area contributed by atoms with Gasteiger partial charge in [0.1, 0.15) is 11.6 Å². The van der Waals surface area contributed by atoms with Gasteiger partial charge in [-0.15, -0.1) is 0 Å². The van der Waals surface area contributed by atoms with E-state index >= 15 is 0 Å². The molecule has 6 heteroatoms. The molecule has 114 valence electrons. The lowest BCUT2D eigenvalue weighted by atomic mass is 9.94. The van der Waals surface area contributed by atoms with E-state index in [0.29, 0.717) is 19.4 Å². The normalized spacial score (nSPS) is 20.1. The predicted molar refractivity (Wildman–Crippen MR) is 71.7 cm³/mol. The Morgan fingerprint density at radius 1 is 1.33 bits per heavy atom. The number of hydrogen-bond acceptors (Lipinski definition) is 2. The van der Waals surface area contributed by atoms with E-state index in [1.165, 1.54) is 17.9 Å². The minimum Gasteiger partial charge on any atom is -0.481 e. The van der Waals surface area contributed by atoms with Crippen molar-refractivity contribution in [3.05, 3.63) is 35.4 Å². The van der Waals surface area contributed by atoms with Gasteiger partial charge in [-0.05, 0) is 31.9 Å². The maximum Gasteiger partial charge on any atom is 0.308 e. The van der Waals surface area contributed by atoms with Crippen LogP contribution in [0.4, 0.5) is 8.78 Å². The fourth-order valence-electron chi connectivity index (χ4n) is 2.70. The fourth-order valence-corrected chi connectivity index (χ4v) is 2.70. The summed E-state index contributed by atoms with van der Waals surface area (Å²) in [6, 6.07) is 3.46. The van der Waals surface area contributed by atoms with Crippen molar-refractivity contribution in [2.45, 2.75) is 25.7 Å². The lowest BCUT2D eigenvalue weighted by Gasteiger charge is -2.32. The third kappa shape index (κ3) is 3.20. The standard InChI is InChI=1S/C15H17F2NO3/c1-9(13-11(16)5-2-6-12(13)17)14(19)18-7-3-4-10(8-18)15(20)21/h2,5-6,9-10H,3-4,7-8H2,1H3,(H,20,21)/t9?,10-/m0/s1. The van der Waals surface area contributed by atoms with Crippen LogP contribution in [0.15, 0.2) is 18.2 Å². The number of nitrogens with zero attached hydrogens (tertiary/aromatic N) is 1. The second kappa shape index (κ2) is 6.20. The van der Waals surface area contributed by atoms with Gasteiger partial charge in [-0.2, -0.15) is 0 Å². The highest BCUT2D eigenvalue weighted by Gasteiger charge is 2.32. The molecule has 1 aliphatic heterocycles. The highest BCUT2D eigenvalue weighted by molar-refractivity contribution is 5.84. The molecule has 0 saturated carbocycles. The molecule has 2 atom stereocenters. The fraction of sp³-hybridized carbons (Fsp3) is 0.467. The van der Waals surface area contributed by atoms with Crippen molar-refractivity contribution in [3.8, 4) is 0 Å². The number of carbonyl (C=O) groups excluding carboxylic acids is 1. The van der Waals surface area contributed by atoms with Gasteiger partial charge in [0.05, 0.1) is 11.8 Å². The van der Waals surface area contributed by atoms with Gasteiger partial charge in [0, 0.05) is 18.7 Å². The number of benzene rings is 1. The molecule has 0 aliphatic carbocycles. The molecule has 1 unspecified atom stereocenters. The van der Waals surface area contributed by atoms with E-state index in [1.54, 1.807) is 0 Å². The van der Waals surface area contributed by atoms with Crippen LogP contribution in [0.25, 0.3) is 0 Å². The molecular formula is C15H17F2NO3. The van der Waals surface area contributed by atoms with E-state index in [0.717, 1.165) is 12.1 Å². The van der Waals surface area contributed by atoms with Crippen LogP contribution in [-0.2, 0) is 9.59 Å². The van der Waals surface area contributed by atoms with Crippen LogP contribution in [0, 0.1) is 17.6 Å². The zero-order chi connectivity index (χ0) is 15.6. The van der Waals surface area contributed by atoms with Crippen LogP contribution in [0.3, 0.4) is 0 Å². The topological polar surface area (TPSA) is 57.6 Å². The average molecular weight is 297 g/mol. The second-order valence-electron chi connectivity index (χ2n) is 5.32. The molecule has 1 amide bonds. The predicted octanol–water partition coefficient (Wildman–Crippen LogP) is 2.39. The van der Waals surface area contributed by atoms with Gasteiger partial charge in [-0.25, -0.2) is 8.78 Å². The van der Waals surface area contributed by atoms with E-state index in [9.17, 15) is 18.4 Å². The molecule has 4 nitrogen and oxygen atoms in total. The molecule has 0 aromatic heterocycles. The van der Waals surface area contributed by atoms with E-state index in [2.05, 4.69) is 0 Å². The first-order chi connectivity index (χ1) is 9.91. The van der Waals surface area contributed by atoms with Crippen LogP contribution < -0.4 is 0 Å².